The van der Waals surface area contributed by atoms with Crippen LogP contribution in [-0.4, -0.2) is 65.6 Å². The predicted molar refractivity (Wildman–Crippen MR) is 96.7 cm³/mol. The average molecular weight is 424 g/mol. The van der Waals surface area contributed by atoms with E-state index in [1.807, 2.05) is 0 Å². The lowest BCUT2D eigenvalue weighted by Crippen LogP contribution is -2.41. The number of cyclic esters (lactones) is 1. The molecule has 30 heavy (non-hydrogen) atoms. The van der Waals surface area contributed by atoms with Gasteiger partial charge in [-0.05, 0) is 19.9 Å². The number of rotatable bonds is 6. The van der Waals surface area contributed by atoms with Crippen LogP contribution in [0.5, 0.6) is 17.2 Å². The molecule has 0 unspecified atom stereocenters. The number of hydrogen-bond donors (Lipinski definition) is 3. The second-order valence-electron chi connectivity index (χ2n) is 5.95. The van der Waals surface area contributed by atoms with E-state index in [1.54, 1.807) is 0 Å². The minimum Gasteiger partial charge on any atom is -0.504 e. The Labute approximate surface area is 170 Å². The van der Waals surface area contributed by atoms with Crippen LogP contribution in [0.3, 0.4) is 0 Å². The molecule has 0 fully saturated rings. The first-order chi connectivity index (χ1) is 14.2. The Bertz CT molecular complexity index is 916. The fraction of sp³-hybridized carbons (Fsp3) is 0.368. The smallest absolute Gasteiger partial charge is 0.348 e. The highest BCUT2D eigenvalue weighted by Crippen LogP contribution is 2.49. The molecule has 1 heterocycles. The van der Waals surface area contributed by atoms with Crippen LogP contribution < -0.4 is 0 Å². The van der Waals surface area contributed by atoms with Crippen LogP contribution >= 0.6 is 0 Å². The van der Waals surface area contributed by atoms with Crippen molar-refractivity contribution < 1.29 is 53.4 Å². The third-order valence-electron chi connectivity index (χ3n) is 4.20. The molecule has 11 heteroatoms. The van der Waals surface area contributed by atoms with Crippen LogP contribution in [-0.2, 0) is 33.3 Å². The maximum Gasteiger partial charge on any atom is 0.348 e. The average Bonchev–Trinajstić information content (AvgIpc) is 2.70. The molecule has 2 rings (SSSR count). The van der Waals surface area contributed by atoms with Crippen LogP contribution in [0, 0.1) is 0 Å². The highest BCUT2D eigenvalue weighted by Gasteiger charge is 2.48. The van der Waals surface area contributed by atoms with Gasteiger partial charge in [0.1, 0.15) is 0 Å². The highest BCUT2D eigenvalue weighted by atomic mass is 16.6. The van der Waals surface area contributed by atoms with Gasteiger partial charge in [0.05, 0.1) is 37.4 Å². The van der Waals surface area contributed by atoms with E-state index in [1.165, 1.54) is 13.8 Å². The Hall–Kier alpha value is -3.76. The molecule has 0 bridgehead atoms. The van der Waals surface area contributed by atoms with Gasteiger partial charge in [-0.2, -0.15) is 0 Å². The predicted octanol–water partition coefficient (Wildman–Crippen LogP) is 0.652. The molecule has 0 aliphatic carbocycles. The summed E-state index contributed by atoms with van der Waals surface area (Å²) in [6.45, 7) is 2.88. The lowest BCUT2D eigenvalue weighted by Gasteiger charge is -2.32. The quantitative estimate of drug-likeness (QED) is 0.254. The lowest BCUT2D eigenvalue weighted by atomic mass is 9.80. The molecule has 0 saturated carbocycles. The summed E-state index contributed by atoms with van der Waals surface area (Å²) in [5.74, 6) is -8.72. The first kappa shape index (κ1) is 22.5. The SMILES string of the molecule is CCOC(=O)/C=C(/C(=O)OC)[C@H]1c2c(cc(O)c(O)c2O)C(=O)O[C@@H]1C(=O)OCC. The second kappa shape index (κ2) is 9.16. The van der Waals surface area contributed by atoms with E-state index in [0.29, 0.717) is 0 Å². The number of fused-ring (bicyclic) bond motifs is 1. The van der Waals surface area contributed by atoms with Gasteiger partial charge in [0, 0.05) is 11.6 Å². The topological polar surface area (TPSA) is 166 Å². The van der Waals surface area contributed by atoms with Crippen molar-refractivity contribution >= 4 is 23.9 Å². The number of benzene rings is 1. The van der Waals surface area contributed by atoms with Gasteiger partial charge in [-0.3, -0.25) is 0 Å². The molecule has 2 atom stereocenters. The summed E-state index contributed by atoms with van der Waals surface area (Å²) in [6, 6.07) is 0.792. The third-order valence-corrected chi connectivity index (χ3v) is 4.20. The van der Waals surface area contributed by atoms with Crippen molar-refractivity contribution in [2.45, 2.75) is 25.9 Å². The summed E-state index contributed by atoms with van der Waals surface area (Å²) in [5.41, 5.74) is -1.38. The van der Waals surface area contributed by atoms with Crippen molar-refractivity contribution in [2.24, 2.45) is 0 Å². The Morgan fingerprint density at radius 1 is 1.10 bits per heavy atom. The molecule has 1 aliphatic rings. The summed E-state index contributed by atoms with van der Waals surface area (Å²) in [7, 11) is 1.00. The molecule has 0 saturated heterocycles. The molecule has 1 aliphatic heterocycles. The van der Waals surface area contributed by atoms with E-state index in [0.717, 1.165) is 19.3 Å². The van der Waals surface area contributed by atoms with Crippen LogP contribution in [0.15, 0.2) is 17.7 Å². The standard InChI is InChI=1S/C19H20O11/c1-4-28-11(21)7-9(17(24)27-3)13-12-8(6-10(20)14(22)15(12)23)18(25)30-16(13)19(26)29-5-2/h6-7,13,16,20,22-23H,4-5H2,1-3H3/b9-7+/t13-,16-/m0/s1. The van der Waals surface area contributed by atoms with Crippen molar-refractivity contribution in [3.05, 3.63) is 28.8 Å². The van der Waals surface area contributed by atoms with Crippen molar-refractivity contribution in [3.8, 4) is 17.2 Å². The molecule has 1 aromatic carbocycles. The fourth-order valence-corrected chi connectivity index (χ4v) is 2.97. The molecule has 0 radical (unpaired) electrons. The van der Waals surface area contributed by atoms with Gasteiger partial charge >= 0.3 is 23.9 Å². The third kappa shape index (κ3) is 4.14. The molecule has 0 aromatic heterocycles. The number of carbonyl (C=O) groups excluding carboxylic acids is 4. The molecular formula is C19H20O11. The summed E-state index contributed by atoms with van der Waals surface area (Å²) in [4.78, 5) is 49.3. The zero-order valence-corrected chi connectivity index (χ0v) is 16.3. The molecule has 1 aromatic rings. The Morgan fingerprint density at radius 2 is 1.73 bits per heavy atom. The number of phenolic OH excluding ortho intramolecular Hbond substituents is 3. The van der Waals surface area contributed by atoms with Crippen molar-refractivity contribution in [1.29, 1.82) is 0 Å². The number of aromatic hydroxyl groups is 3. The molecule has 0 amide bonds. The Morgan fingerprint density at radius 3 is 2.30 bits per heavy atom. The number of methoxy groups -OCH3 is 1. The van der Waals surface area contributed by atoms with Crippen molar-refractivity contribution in [2.75, 3.05) is 20.3 Å². The van der Waals surface area contributed by atoms with E-state index in [4.69, 9.17) is 14.2 Å². The first-order valence-corrected chi connectivity index (χ1v) is 8.79. The fourth-order valence-electron chi connectivity index (χ4n) is 2.97. The minimum absolute atomic E-state index is 0.0265. The van der Waals surface area contributed by atoms with E-state index >= 15 is 0 Å². The van der Waals surface area contributed by atoms with Crippen LogP contribution in [0.25, 0.3) is 0 Å². The Balaban J connectivity index is 2.83. The van der Waals surface area contributed by atoms with Crippen molar-refractivity contribution in [3.63, 3.8) is 0 Å². The molecular weight excluding hydrogens is 404 g/mol. The van der Waals surface area contributed by atoms with E-state index < -0.39 is 69.8 Å². The van der Waals surface area contributed by atoms with Gasteiger partial charge in [0.15, 0.2) is 11.5 Å². The Kier molecular flexibility index (Phi) is 6.88. The summed E-state index contributed by atoms with van der Waals surface area (Å²) < 4.78 is 19.4. The normalized spacial score (nSPS) is 18.1. The summed E-state index contributed by atoms with van der Waals surface area (Å²) in [5, 5.41) is 30.1. The van der Waals surface area contributed by atoms with E-state index in [-0.39, 0.29) is 13.2 Å². The lowest BCUT2D eigenvalue weighted by molar-refractivity contribution is -0.155. The van der Waals surface area contributed by atoms with Gasteiger partial charge in [-0.15, -0.1) is 0 Å². The summed E-state index contributed by atoms with van der Waals surface area (Å²) in [6.07, 6.45) is -1.09. The monoisotopic (exact) mass is 424 g/mol. The summed E-state index contributed by atoms with van der Waals surface area (Å²) >= 11 is 0. The zero-order valence-electron chi connectivity index (χ0n) is 16.3. The van der Waals surface area contributed by atoms with Gasteiger partial charge in [0.2, 0.25) is 11.9 Å². The maximum atomic E-state index is 12.5. The number of phenols is 3. The van der Waals surface area contributed by atoms with Gasteiger partial charge in [-0.1, -0.05) is 0 Å². The largest absolute Gasteiger partial charge is 0.504 e. The zero-order chi connectivity index (χ0) is 22.6. The second-order valence-corrected chi connectivity index (χ2v) is 5.95. The number of hydrogen-bond acceptors (Lipinski definition) is 11. The van der Waals surface area contributed by atoms with E-state index in [2.05, 4.69) is 4.74 Å². The molecule has 3 N–H and O–H groups in total. The van der Waals surface area contributed by atoms with Crippen LogP contribution in [0.4, 0.5) is 0 Å². The van der Waals surface area contributed by atoms with Gasteiger partial charge in [0.25, 0.3) is 0 Å². The minimum atomic E-state index is -1.81. The number of ether oxygens (including phenoxy) is 4. The number of carbonyl (C=O) groups is 4. The van der Waals surface area contributed by atoms with Gasteiger partial charge < -0.3 is 34.3 Å². The number of esters is 4. The molecule has 0 spiro atoms. The van der Waals surface area contributed by atoms with Crippen molar-refractivity contribution in [1.82, 2.24) is 0 Å². The first-order valence-electron chi connectivity index (χ1n) is 8.79. The van der Waals surface area contributed by atoms with Crippen LogP contribution in [0.1, 0.15) is 35.7 Å². The molecule has 11 nitrogen and oxygen atoms in total. The highest BCUT2D eigenvalue weighted by molar-refractivity contribution is 6.03. The maximum absolute atomic E-state index is 12.5. The van der Waals surface area contributed by atoms with E-state index in [9.17, 15) is 34.5 Å². The molecule has 162 valence electrons. The van der Waals surface area contributed by atoms with Gasteiger partial charge in [-0.25, -0.2) is 19.2 Å². The van der Waals surface area contributed by atoms with Crippen LogP contribution in [0.2, 0.25) is 0 Å².